The van der Waals surface area contributed by atoms with Crippen molar-refractivity contribution in [2.45, 2.75) is 25.9 Å². The second-order valence-electron chi connectivity index (χ2n) is 5.04. The summed E-state index contributed by atoms with van der Waals surface area (Å²) in [5, 5.41) is 8.19. The van der Waals surface area contributed by atoms with Crippen LogP contribution in [0.5, 0.6) is 0 Å². The van der Waals surface area contributed by atoms with Crippen LogP contribution in [0.4, 0.5) is 5.00 Å². The van der Waals surface area contributed by atoms with E-state index in [2.05, 4.69) is 10.6 Å². The monoisotopic (exact) mass is 317 g/mol. The molecule has 22 heavy (non-hydrogen) atoms. The highest BCUT2D eigenvalue weighted by Gasteiger charge is 2.19. The highest BCUT2D eigenvalue weighted by Crippen LogP contribution is 2.23. The number of hydrogen-bond donors (Lipinski definition) is 3. The molecule has 0 fully saturated rings. The maximum atomic E-state index is 12.2. The molecular weight excluding hydrogens is 298 g/mol. The molecule has 1 heterocycles. The van der Waals surface area contributed by atoms with Crippen molar-refractivity contribution in [2.75, 3.05) is 5.32 Å². The van der Waals surface area contributed by atoms with Crippen LogP contribution >= 0.6 is 11.3 Å². The maximum absolute atomic E-state index is 12.2. The largest absolute Gasteiger partial charge is 0.366 e. The Morgan fingerprint density at radius 3 is 2.45 bits per heavy atom. The van der Waals surface area contributed by atoms with Gasteiger partial charge in [-0.2, -0.15) is 0 Å². The number of primary amides is 1. The van der Waals surface area contributed by atoms with Crippen LogP contribution in [-0.4, -0.2) is 17.9 Å². The molecule has 6 heteroatoms. The summed E-state index contributed by atoms with van der Waals surface area (Å²) in [6.45, 7) is 3.78. The summed E-state index contributed by atoms with van der Waals surface area (Å²) in [4.78, 5) is 23.5. The average Bonchev–Trinajstić information content (AvgIpc) is 2.96. The van der Waals surface area contributed by atoms with E-state index in [4.69, 9.17) is 5.73 Å². The molecule has 0 aliphatic heterocycles. The van der Waals surface area contributed by atoms with Crippen LogP contribution in [-0.2, 0) is 4.79 Å². The van der Waals surface area contributed by atoms with Gasteiger partial charge >= 0.3 is 0 Å². The molecule has 0 saturated carbocycles. The zero-order valence-corrected chi connectivity index (χ0v) is 13.3. The standard InChI is InChI=1S/C16H19N3O2S/c1-10(12-6-4-3-5-7-12)18-11(2)15(21)19-16-13(14(17)20)8-9-22-16/h3-11,18H,1-2H3,(H2,17,20)(H,19,21)/t10-,11-/m1/s1. The van der Waals surface area contributed by atoms with Crippen LogP contribution in [0.3, 0.4) is 0 Å². The molecule has 2 rings (SSSR count). The molecule has 4 N–H and O–H groups in total. The van der Waals surface area contributed by atoms with E-state index in [0.29, 0.717) is 10.6 Å². The summed E-state index contributed by atoms with van der Waals surface area (Å²) in [6, 6.07) is 11.1. The van der Waals surface area contributed by atoms with Gasteiger partial charge in [-0.1, -0.05) is 30.3 Å². The topological polar surface area (TPSA) is 84.2 Å². The molecule has 1 aromatic carbocycles. The minimum absolute atomic E-state index is 0.0425. The second kappa shape index (κ2) is 7.20. The molecule has 0 spiro atoms. The first-order chi connectivity index (χ1) is 10.5. The smallest absolute Gasteiger partial charge is 0.251 e. The summed E-state index contributed by atoms with van der Waals surface area (Å²) < 4.78 is 0. The number of carbonyl (C=O) groups is 2. The lowest BCUT2D eigenvalue weighted by molar-refractivity contribution is -0.117. The molecule has 5 nitrogen and oxygen atoms in total. The van der Waals surface area contributed by atoms with E-state index in [9.17, 15) is 9.59 Å². The van der Waals surface area contributed by atoms with Gasteiger partial charge in [0.1, 0.15) is 5.00 Å². The molecule has 0 aliphatic carbocycles. The molecule has 0 bridgehead atoms. The van der Waals surface area contributed by atoms with E-state index < -0.39 is 11.9 Å². The van der Waals surface area contributed by atoms with Gasteiger partial charge in [0.25, 0.3) is 5.91 Å². The number of rotatable bonds is 6. The van der Waals surface area contributed by atoms with Gasteiger partial charge in [0.05, 0.1) is 11.6 Å². The number of nitrogens with one attached hydrogen (secondary N) is 2. The molecule has 1 aromatic heterocycles. The first-order valence-corrected chi connectivity index (χ1v) is 7.86. The Labute approximate surface area is 133 Å². The summed E-state index contributed by atoms with van der Waals surface area (Å²) in [5.41, 5.74) is 6.71. The summed E-state index contributed by atoms with van der Waals surface area (Å²) >= 11 is 1.28. The zero-order valence-electron chi connectivity index (χ0n) is 12.5. The van der Waals surface area contributed by atoms with E-state index >= 15 is 0 Å². The van der Waals surface area contributed by atoms with Gasteiger partial charge in [-0.05, 0) is 30.9 Å². The number of carbonyl (C=O) groups excluding carboxylic acids is 2. The van der Waals surface area contributed by atoms with Gasteiger partial charge < -0.3 is 11.1 Å². The Morgan fingerprint density at radius 2 is 1.82 bits per heavy atom. The van der Waals surface area contributed by atoms with Crippen LogP contribution in [0.1, 0.15) is 35.8 Å². The lowest BCUT2D eigenvalue weighted by Gasteiger charge is -2.19. The van der Waals surface area contributed by atoms with Gasteiger partial charge in [0.2, 0.25) is 5.91 Å². The summed E-state index contributed by atoms with van der Waals surface area (Å²) in [6.07, 6.45) is 0. The Kier molecular flexibility index (Phi) is 5.30. The summed E-state index contributed by atoms with van der Waals surface area (Å²) in [5.74, 6) is -0.748. The number of thiophene rings is 1. The fraction of sp³-hybridized carbons (Fsp3) is 0.250. The van der Waals surface area contributed by atoms with Gasteiger partial charge in [-0.3, -0.25) is 14.9 Å². The third kappa shape index (κ3) is 3.93. The van der Waals surface area contributed by atoms with Crippen molar-refractivity contribution in [2.24, 2.45) is 5.73 Å². The third-order valence-corrected chi connectivity index (χ3v) is 4.19. The highest BCUT2D eigenvalue weighted by molar-refractivity contribution is 7.14. The van der Waals surface area contributed by atoms with Crippen molar-refractivity contribution < 1.29 is 9.59 Å². The van der Waals surface area contributed by atoms with E-state index in [1.54, 1.807) is 18.4 Å². The number of hydrogen-bond acceptors (Lipinski definition) is 4. The van der Waals surface area contributed by atoms with Crippen LogP contribution < -0.4 is 16.4 Å². The number of amides is 2. The lowest BCUT2D eigenvalue weighted by atomic mass is 10.1. The first kappa shape index (κ1) is 16.2. The fourth-order valence-electron chi connectivity index (χ4n) is 2.11. The van der Waals surface area contributed by atoms with Crippen LogP contribution in [0.25, 0.3) is 0 Å². The fourth-order valence-corrected chi connectivity index (χ4v) is 2.90. The molecule has 0 aliphatic rings. The van der Waals surface area contributed by atoms with Crippen molar-refractivity contribution in [3.05, 3.63) is 52.9 Å². The number of nitrogens with two attached hydrogens (primary N) is 1. The minimum atomic E-state index is -0.546. The predicted molar refractivity (Wildman–Crippen MR) is 88.9 cm³/mol. The van der Waals surface area contributed by atoms with E-state index in [1.807, 2.05) is 37.3 Å². The second-order valence-corrected chi connectivity index (χ2v) is 5.95. The highest BCUT2D eigenvalue weighted by atomic mass is 32.1. The molecule has 2 amide bonds. The SMILES string of the molecule is C[C@@H](N[C@H](C)c1ccccc1)C(=O)Nc1sccc1C(N)=O. The van der Waals surface area contributed by atoms with Gasteiger partial charge in [0.15, 0.2) is 0 Å². The molecule has 2 atom stereocenters. The van der Waals surface area contributed by atoms with Gasteiger partial charge in [-0.25, -0.2) is 0 Å². The van der Waals surface area contributed by atoms with E-state index in [-0.39, 0.29) is 11.9 Å². The van der Waals surface area contributed by atoms with Gasteiger partial charge in [-0.15, -0.1) is 11.3 Å². The molecule has 0 radical (unpaired) electrons. The van der Waals surface area contributed by atoms with Crippen molar-refractivity contribution >= 4 is 28.2 Å². The van der Waals surface area contributed by atoms with Crippen LogP contribution in [0.2, 0.25) is 0 Å². The average molecular weight is 317 g/mol. The van der Waals surface area contributed by atoms with Crippen molar-refractivity contribution in [3.8, 4) is 0 Å². The normalized spacial score (nSPS) is 13.4. The summed E-state index contributed by atoms with van der Waals surface area (Å²) in [7, 11) is 0. The van der Waals surface area contributed by atoms with Crippen molar-refractivity contribution in [3.63, 3.8) is 0 Å². The third-order valence-electron chi connectivity index (χ3n) is 3.36. The van der Waals surface area contributed by atoms with Crippen molar-refractivity contribution in [1.82, 2.24) is 5.32 Å². The Morgan fingerprint density at radius 1 is 1.14 bits per heavy atom. The van der Waals surface area contributed by atoms with E-state index in [1.165, 1.54) is 11.3 Å². The number of benzene rings is 1. The Bertz CT molecular complexity index is 654. The molecule has 2 aromatic rings. The zero-order chi connectivity index (χ0) is 16.1. The van der Waals surface area contributed by atoms with Crippen LogP contribution in [0.15, 0.2) is 41.8 Å². The molecular formula is C16H19N3O2S. The molecule has 0 saturated heterocycles. The van der Waals surface area contributed by atoms with Crippen molar-refractivity contribution in [1.29, 1.82) is 0 Å². The molecule has 0 unspecified atom stereocenters. The molecule has 116 valence electrons. The van der Waals surface area contributed by atoms with Gasteiger partial charge in [0, 0.05) is 6.04 Å². The quantitative estimate of drug-likeness (QED) is 0.765. The Hall–Kier alpha value is -2.18. The number of anilines is 1. The minimum Gasteiger partial charge on any atom is -0.366 e. The Balaban J connectivity index is 1.97. The lowest BCUT2D eigenvalue weighted by Crippen LogP contribution is -2.39. The van der Waals surface area contributed by atoms with E-state index in [0.717, 1.165) is 5.56 Å². The predicted octanol–water partition coefficient (Wildman–Crippen LogP) is 2.52. The maximum Gasteiger partial charge on any atom is 0.251 e. The first-order valence-electron chi connectivity index (χ1n) is 6.98. The van der Waals surface area contributed by atoms with Crippen LogP contribution in [0, 0.1) is 0 Å².